The monoisotopic (exact) mass is 414 g/mol. The van der Waals surface area contributed by atoms with Gasteiger partial charge in [0.25, 0.3) is 0 Å². The molecule has 0 unspecified atom stereocenters. The number of aromatic nitrogens is 1. The molecule has 148 valence electrons. The van der Waals surface area contributed by atoms with Crippen LogP contribution in [0, 0.1) is 0 Å². The molecule has 0 aliphatic carbocycles. The molecule has 1 aliphatic heterocycles. The van der Waals surface area contributed by atoms with Crippen LogP contribution in [0.5, 0.6) is 0 Å². The maximum atomic E-state index is 13.1. The van der Waals surface area contributed by atoms with Gasteiger partial charge in [0.1, 0.15) is 4.83 Å². The van der Waals surface area contributed by atoms with Crippen molar-refractivity contribution >= 4 is 31.6 Å². The number of nitrogens with zero attached hydrogens (tertiary/aromatic N) is 2. The largest absolute Gasteiger partial charge is 0.245 e. The number of hydrogen-bond acceptors (Lipinski definition) is 4. The fraction of sp³-hybridized carbons (Fsp3) is 0.409. The zero-order valence-corrected chi connectivity index (χ0v) is 18.2. The van der Waals surface area contributed by atoms with Crippen LogP contribution < -0.4 is 0 Å². The van der Waals surface area contributed by atoms with Crippen LogP contribution in [0.1, 0.15) is 50.7 Å². The molecule has 28 heavy (non-hydrogen) atoms. The molecule has 0 radical (unpaired) electrons. The quantitative estimate of drug-likeness (QED) is 0.595. The summed E-state index contributed by atoms with van der Waals surface area (Å²) < 4.78 is 27.8. The maximum Gasteiger partial charge on any atom is 0.243 e. The SMILES string of the molecule is CC(C)(C)c1ccc(S(=O)(=O)N2CCC(c3csc4ncccc34)CC2)cc1. The first-order chi connectivity index (χ1) is 13.3. The van der Waals surface area contributed by atoms with E-state index in [1.165, 1.54) is 10.9 Å². The highest BCUT2D eigenvalue weighted by Gasteiger charge is 2.31. The molecule has 1 saturated heterocycles. The van der Waals surface area contributed by atoms with Crippen LogP contribution in [-0.4, -0.2) is 30.8 Å². The van der Waals surface area contributed by atoms with E-state index in [1.807, 2.05) is 24.4 Å². The first-order valence-corrected chi connectivity index (χ1v) is 12.0. The molecule has 3 aromatic rings. The van der Waals surface area contributed by atoms with Crippen molar-refractivity contribution in [3.63, 3.8) is 0 Å². The molecule has 1 fully saturated rings. The molecule has 0 bridgehead atoms. The van der Waals surface area contributed by atoms with Gasteiger partial charge in [-0.25, -0.2) is 13.4 Å². The Labute approximate surface area is 171 Å². The normalized spacial score (nSPS) is 17.2. The number of fused-ring (bicyclic) bond motifs is 1. The summed E-state index contributed by atoms with van der Waals surface area (Å²) in [4.78, 5) is 5.88. The second-order valence-corrected chi connectivity index (χ2v) is 11.3. The van der Waals surface area contributed by atoms with Crippen molar-refractivity contribution in [1.29, 1.82) is 0 Å². The van der Waals surface area contributed by atoms with E-state index in [4.69, 9.17) is 0 Å². The molecule has 1 aromatic carbocycles. The lowest BCUT2D eigenvalue weighted by Gasteiger charge is -2.31. The first kappa shape index (κ1) is 19.6. The highest BCUT2D eigenvalue weighted by Crippen LogP contribution is 2.37. The number of benzene rings is 1. The van der Waals surface area contributed by atoms with Crippen molar-refractivity contribution in [2.75, 3.05) is 13.1 Å². The Morgan fingerprint density at radius 1 is 1.07 bits per heavy atom. The van der Waals surface area contributed by atoms with E-state index in [-0.39, 0.29) is 5.41 Å². The number of pyridine rings is 1. The number of hydrogen-bond donors (Lipinski definition) is 0. The van der Waals surface area contributed by atoms with Crippen molar-refractivity contribution < 1.29 is 8.42 Å². The molecule has 3 heterocycles. The number of sulfonamides is 1. The fourth-order valence-corrected chi connectivity index (χ4v) is 6.35. The minimum absolute atomic E-state index is 0.0127. The van der Waals surface area contributed by atoms with E-state index in [2.05, 4.69) is 37.2 Å². The van der Waals surface area contributed by atoms with Crippen LogP contribution in [0.2, 0.25) is 0 Å². The van der Waals surface area contributed by atoms with Gasteiger partial charge in [0.05, 0.1) is 4.90 Å². The molecule has 0 saturated carbocycles. The molecular weight excluding hydrogens is 388 g/mol. The summed E-state index contributed by atoms with van der Waals surface area (Å²) in [5.74, 6) is 0.396. The third-order valence-electron chi connectivity index (χ3n) is 5.63. The van der Waals surface area contributed by atoms with Crippen LogP contribution >= 0.6 is 11.3 Å². The lowest BCUT2D eigenvalue weighted by Crippen LogP contribution is -2.37. The molecular formula is C22H26N2O2S2. The lowest BCUT2D eigenvalue weighted by molar-refractivity contribution is 0.320. The summed E-state index contributed by atoms with van der Waals surface area (Å²) in [6, 6.07) is 11.5. The highest BCUT2D eigenvalue weighted by molar-refractivity contribution is 7.89. The zero-order valence-electron chi connectivity index (χ0n) is 16.6. The van der Waals surface area contributed by atoms with Gasteiger partial charge in [0.2, 0.25) is 10.0 Å². The number of thiophene rings is 1. The summed E-state index contributed by atoms with van der Waals surface area (Å²) in [6.07, 6.45) is 3.52. The van der Waals surface area contributed by atoms with Crippen LogP contribution in [0.4, 0.5) is 0 Å². The minimum atomic E-state index is -3.44. The van der Waals surface area contributed by atoms with Gasteiger partial charge in [-0.15, -0.1) is 11.3 Å². The van der Waals surface area contributed by atoms with E-state index >= 15 is 0 Å². The van der Waals surface area contributed by atoms with Gasteiger partial charge >= 0.3 is 0 Å². The van der Waals surface area contributed by atoms with E-state index in [1.54, 1.807) is 27.8 Å². The average Bonchev–Trinajstić information content (AvgIpc) is 3.12. The standard InChI is InChI=1S/C22H26N2O2S2/c1-22(2,3)17-6-8-18(9-7-17)28(25,26)24-13-10-16(11-14-24)20-15-27-21-19(20)5-4-12-23-21/h4-9,12,15-16H,10-11,13-14H2,1-3H3. The average molecular weight is 415 g/mol. The maximum absolute atomic E-state index is 13.1. The molecule has 2 aromatic heterocycles. The van der Waals surface area contributed by atoms with Crippen molar-refractivity contribution in [3.8, 4) is 0 Å². The first-order valence-electron chi connectivity index (χ1n) is 9.69. The molecule has 1 aliphatic rings. The molecule has 0 N–H and O–H groups in total. The fourth-order valence-electron chi connectivity index (χ4n) is 3.89. The molecule has 4 nitrogen and oxygen atoms in total. The smallest absolute Gasteiger partial charge is 0.243 e. The van der Waals surface area contributed by atoms with Gasteiger partial charge in [-0.2, -0.15) is 4.31 Å². The van der Waals surface area contributed by atoms with Gasteiger partial charge < -0.3 is 0 Å². The van der Waals surface area contributed by atoms with Crippen molar-refractivity contribution in [3.05, 3.63) is 59.1 Å². The van der Waals surface area contributed by atoms with Gasteiger partial charge in [-0.1, -0.05) is 39.0 Å². The van der Waals surface area contributed by atoms with E-state index < -0.39 is 10.0 Å². The Balaban J connectivity index is 1.49. The summed E-state index contributed by atoms with van der Waals surface area (Å²) in [7, 11) is -3.44. The third kappa shape index (κ3) is 3.61. The molecule has 4 rings (SSSR count). The molecule has 0 atom stereocenters. The van der Waals surface area contributed by atoms with Gasteiger partial charge in [0.15, 0.2) is 0 Å². The predicted molar refractivity (Wildman–Crippen MR) is 115 cm³/mol. The molecule has 6 heteroatoms. The van der Waals surface area contributed by atoms with Crippen LogP contribution in [0.25, 0.3) is 10.2 Å². The lowest BCUT2D eigenvalue weighted by atomic mass is 9.87. The Morgan fingerprint density at radius 2 is 1.75 bits per heavy atom. The second kappa shape index (κ2) is 7.25. The minimum Gasteiger partial charge on any atom is -0.245 e. The Kier molecular flexibility index (Phi) is 5.06. The van der Waals surface area contributed by atoms with Crippen molar-refractivity contribution in [2.24, 2.45) is 0 Å². The van der Waals surface area contributed by atoms with Gasteiger partial charge in [-0.3, -0.25) is 0 Å². The number of rotatable bonds is 3. The Morgan fingerprint density at radius 3 is 2.39 bits per heavy atom. The number of piperidine rings is 1. The molecule has 0 spiro atoms. The summed E-state index contributed by atoms with van der Waals surface area (Å²) >= 11 is 1.67. The molecule has 0 amide bonds. The predicted octanol–water partition coefficient (Wildman–Crippen LogP) is 5.16. The van der Waals surface area contributed by atoms with E-state index in [9.17, 15) is 8.42 Å². The van der Waals surface area contributed by atoms with Gasteiger partial charge in [0, 0.05) is 24.7 Å². The van der Waals surface area contributed by atoms with Crippen LogP contribution in [-0.2, 0) is 15.4 Å². The zero-order chi connectivity index (χ0) is 19.9. The second-order valence-electron chi connectivity index (χ2n) is 8.50. The van der Waals surface area contributed by atoms with Crippen LogP contribution in [0.3, 0.4) is 0 Å². The highest BCUT2D eigenvalue weighted by atomic mass is 32.2. The summed E-state index contributed by atoms with van der Waals surface area (Å²) in [6.45, 7) is 7.51. The summed E-state index contributed by atoms with van der Waals surface area (Å²) in [5.41, 5.74) is 2.47. The van der Waals surface area contributed by atoms with Crippen molar-refractivity contribution in [1.82, 2.24) is 9.29 Å². The summed E-state index contributed by atoms with van der Waals surface area (Å²) in [5, 5.41) is 3.41. The van der Waals surface area contributed by atoms with Crippen molar-refractivity contribution in [2.45, 2.75) is 49.8 Å². The van der Waals surface area contributed by atoms with Crippen LogP contribution in [0.15, 0.2) is 52.9 Å². The van der Waals surface area contributed by atoms with E-state index in [0.717, 1.165) is 23.2 Å². The Bertz CT molecular complexity index is 1070. The third-order valence-corrected chi connectivity index (χ3v) is 8.46. The topological polar surface area (TPSA) is 50.3 Å². The Hall–Kier alpha value is -1.76. The van der Waals surface area contributed by atoms with Gasteiger partial charge in [-0.05, 0) is 58.9 Å². The van der Waals surface area contributed by atoms with E-state index in [0.29, 0.717) is 23.9 Å².